The van der Waals surface area contributed by atoms with Gasteiger partial charge in [-0.05, 0) is 5.92 Å². The second kappa shape index (κ2) is 4.71. The highest BCUT2D eigenvalue weighted by Crippen LogP contribution is 2.29. The Morgan fingerprint density at radius 2 is 2.15 bits per heavy atom. The van der Waals surface area contributed by atoms with Gasteiger partial charge in [0.05, 0.1) is 24.2 Å². The Morgan fingerprint density at radius 3 is 2.65 bits per heavy atom. The number of aromatic amines is 1. The van der Waals surface area contributed by atoms with E-state index in [1.54, 1.807) is 0 Å². The molecule has 1 saturated heterocycles. The number of nitrogens with zero attached hydrogens (tertiary/aromatic N) is 2. The quantitative estimate of drug-likeness (QED) is 0.603. The van der Waals surface area contributed by atoms with Crippen LogP contribution in [0.1, 0.15) is 24.2 Å². The molecule has 1 fully saturated rings. The van der Waals surface area contributed by atoms with Gasteiger partial charge < -0.3 is 15.0 Å². The van der Waals surface area contributed by atoms with E-state index < -0.39 is 22.0 Å². The molecule has 108 valence electrons. The zero-order chi connectivity index (χ0) is 15.1. The standard InChI is InChI=1S/C12H15N3O5/c1-7(2)12(18)5-14(6-12)11(17)9-3-8(15(19)20)4-13-10(9)16/h3-4,7,18H,5-6H2,1-2H3,(H,13,16). The number of carbonyl (C=O) groups is 1. The summed E-state index contributed by atoms with van der Waals surface area (Å²) in [6.45, 7) is 3.90. The van der Waals surface area contributed by atoms with Gasteiger partial charge in [0.15, 0.2) is 0 Å². The molecule has 2 N–H and O–H groups in total. The van der Waals surface area contributed by atoms with Crippen LogP contribution in [0, 0.1) is 16.0 Å². The van der Waals surface area contributed by atoms with Crippen molar-refractivity contribution in [3.8, 4) is 0 Å². The highest BCUT2D eigenvalue weighted by molar-refractivity contribution is 5.95. The van der Waals surface area contributed by atoms with Crippen LogP contribution in [0.5, 0.6) is 0 Å². The summed E-state index contributed by atoms with van der Waals surface area (Å²) >= 11 is 0. The van der Waals surface area contributed by atoms with Crippen LogP contribution >= 0.6 is 0 Å². The number of amides is 1. The van der Waals surface area contributed by atoms with E-state index in [0.717, 1.165) is 12.3 Å². The SMILES string of the molecule is CC(C)C1(O)CN(C(=O)c2cc([N+](=O)[O-])c[nH]c2=O)C1. The van der Waals surface area contributed by atoms with Crippen LogP contribution < -0.4 is 5.56 Å². The second-order valence-corrected chi connectivity index (χ2v) is 5.28. The zero-order valence-electron chi connectivity index (χ0n) is 11.1. The molecule has 0 unspecified atom stereocenters. The number of rotatable bonds is 3. The number of nitrogens with one attached hydrogen (secondary N) is 1. The molecular weight excluding hydrogens is 266 g/mol. The average Bonchev–Trinajstić information content (AvgIpc) is 2.34. The highest BCUT2D eigenvalue weighted by atomic mass is 16.6. The first-order valence-electron chi connectivity index (χ1n) is 6.13. The van der Waals surface area contributed by atoms with Crippen LogP contribution in [-0.2, 0) is 0 Å². The Morgan fingerprint density at radius 1 is 1.55 bits per heavy atom. The van der Waals surface area contributed by atoms with Gasteiger partial charge in [-0.15, -0.1) is 0 Å². The van der Waals surface area contributed by atoms with Gasteiger partial charge in [0.25, 0.3) is 17.2 Å². The Balaban J connectivity index is 2.22. The number of likely N-dealkylation sites (tertiary alicyclic amines) is 1. The number of hydrogen-bond acceptors (Lipinski definition) is 5. The van der Waals surface area contributed by atoms with E-state index >= 15 is 0 Å². The van der Waals surface area contributed by atoms with Gasteiger partial charge in [0.2, 0.25) is 0 Å². The van der Waals surface area contributed by atoms with Crippen LogP contribution in [0.4, 0.5) is 5.69 Å². The highest BCUT2D eigenvalue weighted by Gasteiger charge is 2.46. The fourth-order valence-electron chi connectivity index (χ4n) is 2.03. The van der Waals surface area contributed by atoms with Gasteiger partial charge in [-0.25, -0.2) is 0 Å². The smallest absolute Gasteiger partial charge is 0.286 e. The maximum Gasteiger partial charge on any atom is 0.286 e. The molecule has 0 aromatic carbocycles. The first-order chi connectivity index (χ1) is 9.24. The van der Waals surface area contributed by atoms with Gasteiger partial charge in [-0.3, -0.25) is 19.7 Å². The summed E-state index contributed by atoms with van der Waals surface area (Å²) in [5.41, 5.74) is -2.28. The fourth-order valence-corrected chi connectivity index (χ4v) is 2.03. The summed E-state index contributed by atoms with van der Waals surface area (Å²) < 4.78 is 0. The molecule has 1 aliphatic heterocycles. The topological polar surface area (TPSA) is 117 Å². The molecule has 0 radical (unpaired) electrons. The van der Waals surface area contributed by atoms with Gasteiger partial charge in [-0.1, -0.05) is 13.8 Å². The van der Waals surface area contributed by atoms with E-state index in [9.17, 15) is 24.8 Å². The lowest BCUT2D eigenvalue weighted by Crippen LogP contribution is -2.66. The molecule has 0 bridgehead atoms. The predicted octanol–water partition coefficient (Wildman–Crippen LogP) is 0.126. The second-order valence-electron chi connectivity index (χ2n) is 5.28. The number of nitro groups is 1. The monoisotopic (exact) mass is 281 g/mol. The van der Waals surface area contributed by atoms with E-state index in [4.69, 9.17) is 0 Å². The van der Waals surface area contributed by atoms with Gasteiger partial charge in [-0.2, -0.15) is 0 Å². The molecule has 0 aliphatic carbocycles. The summed E-state index contributed by atoms with van der Waals surface area (Å²) in [5.74, 6) is -0.629. The average molecular weight is 281 g/mol. The van der Waals surface area contributed by atoms with Gasteiger partial charge in [0.1, 0.15) is 11.2 Å². The molecular formula is C12H15N3O5. The molecule has 1 aromatic heterocycles. The summed E-state index contributed by atoms with van der Waals surface area (Å²) in [6.07, 6.45) is 0.944. The van der Waals surface area contributed by atoms with E-state index in [0.29, 0.717) is 0 Å². The summed E-state index contributed by atoms with van der Waals surface area (Å²) in [4.78, 5) is 37.1. The van der Waals surface area contributed by atoms with Gasteiger partial charge >= 0.3 is 0 Å². The molecule has 8 nitrogen and oxygen atoms in total. The number of aromatic nitrogens is 1. The maximum atomic E-state index is 12.1. The number of carbonyl (C=O) groups excluding carboxylic acids is 1. The predicted molar refractivity (Wildman–Crippen MR) is 69.4 cm³/mol. The van der Waals surface area contributed by atoms with Crippen molar-refractivity contribution in [1.29, 1.82) is 0 Å². The van der Waals surface area contributed by atoms with Crippen molar-refractivity contribution in [2.45, 2.75) is 19.4 Å². The number of hydrogen-bond donors (Lipinski definition) is 2. The van der Waals surface area contributed by atoms with Crippen LogP contribution in [0.15, 0.2) is 17.1 Å². The van der Waals surface area contributed by atoms with Crippen molar-refractivity contribution >= 4 is 11.6 Å². The molecule has 1 amide bonds. The number of β-amino-alcohol motifs (C(OH)–C–C–N with tert-alkyl or cyclic N) is 1. The van der Waals surface area contributed by atoms with E-state index in [1.165, 1.54) is 4.90 Å². The first-order valence-corrected chi connectivity index (χ1v) is 6.13. The minimum atomic E-state index is -0.955. The maximum absolute atomic E-state index is 12.1. The third kappa shape index (κ3) is 2.29. The summed E-state index contributed by atoms with van der Waals surface area (Å²) in [7, 11) is 0. The molecule has 0 saturated carbocycles. The third-order valence-corrected chi connectivity index (χ3v) is 3.62. The molecule has 1 aliphatic rings. The lowest BCUT2D eigenvalue weighted by molar-refractivity contribution is -0.385. The van der Waals surface area contributed by atoms with E-state index in [1.807, 2.05) is 13.8 Å². The lowest BCUT2D eigenvalue weighted by atomic mass is 9.82. The van der Waals surface area contributed by atoms with Crippen molar-refractivity contribution in [2.75, 3.05) is 13.1 Å². The molecule has 20 heavy (non-hydrogen) atoms. The normalized spacial score (nSPS) is 16.9. The largest absolute Gasteiger partial charge is 0.386 e. The molecule has 2 rings (SSSR count). The number of H-pyrrole nitrogens is 1. The fraction of sp³-hybridized carbons (Fsp3) is 0.500. The number of pyridine rings is 1. The minimum absolute atomic E-state index is 0.0186. The van der Waals surface area contributed by atoms with Crippen LogP contribution in [0.2, 0.25) is 0 Å². The molecule has 2 heterocycles. The van der Waals surface area contributed by atoms with Crippen molar-refractivity contribution in [1.82, 2.24) is 9.88 Å². The summed E-state index contributed by atoms with van der Waals surface area (Å²) in [5, 5.41) is 20.7. The first kappa shape index (κ1) is 14.2. The molecule has 8 heteroatoms. The minimum Gasteiger partial charge on any atom is -0.386 e. The van der Waals surface area contributed by atoms with Crippen LogP contribution in [0.3, 0.4) is 0 Å². The van der Waals surface area contributed by atoms with Crippen molar-refractivity contribution in [3.63, 3.8) is 0 Å². The Hall–Kier alpha value is -2.22. The van der Waals surface area contributed by atoms with Crippen LogP contribution in [0.25, 0.3) is 0 Å². The third-order valence-electron chi connectivity index (χ3n) is 3.62. The van der Waals surface area contributed by atoms with E-state index in [2.05, 4.69) is 4.98 Å². The Labute approximate surface area is 114 Å². The van der Waals surface area contributed by atoms with Crippen molar-refractivity contribution in [2.24, 2.45) is 5.92 Å². The molecule has 0 atom stereocenters. The Bertz CT molecular complexity index is 616. The lowest BCUT2D eigenvalue weighted by Gasteiger charge is -2.48. The molecule has 0 spiro atoms. The van der Waals surface area contributed by atoms with Crippen molar-refractivity contribution in [3.05, 3.63) is 38.3 Å². The molecule has 1 aromatic rings. The van der Waals surface area contributed by atoms with Crippen LogP contribution in [-0.4, -0.2) is 44.5 Å². The Kier molecular flexibility index (Phi) is 3.34. The number of aliphatic hydroxyl groups is 1. The zero-order valence-corrected chi connectivity index (χ0v) is 11.1. The van der Waals surface area contributed by atoms with Gasteiger partial charge in [0, 0.05) is 6.07 Å². The van der Waals surface area contributed by atoms with E-state index in [-0.39, 0.29) is 30.3 Å². The van der Waals surface area contributed by atoms with Crippen molar-refractivity contribution < 1.29 is 14.8 Å². The summed E-state index contributed by atoms with van der Waals surface area (Å²) in [6, 6.07) is 0.952.